The summed E-state index contributed by atoms with van der Waals surface area (Å²) < 4.78 is 16.6. The van der Waals surface area contributed by atoms with E-state index >= 15 is 0 Å². The summed E-state index contributed by atoms with van der Waals surface area (Å²) in [7, 11) is 3.10. The first-order chi connectivity index (χ1) is 14.0. The van der Waals surface area contributed by atoms with Gasteiger partial charge in [-0.05, 0) is 41.3 Å². The molecule has 0 aromatic heterocycles. The second kappa shape index (κ2) is 7.66. The largest absolute Gasteiger partial charge is 0.493 e. The van der Waals surface area contributed by atoms with Crippen LogP contribution in [0.1, 0.15) is 29.2 Å². The lowest BCUT2D eigenvalue weighted by molar-refractivity contribution is -0.144. The molecule has 2 aliphatic rings. The van der Waals surface area contributed by atoms with E-state index in [2.05, 4.69) is 0 Å². The first-order valence-electron chi connectivity index (χ1n) is 9.53. The fraction of sp³-hybridized carbons (Fsp3) is 0.364. The van der Waals surface area contributed by atoms with Crippen LogP contribution in [0.2, 0.25) is 0 Å². The molecule has 1 N–H and O–H groups in total. The molecule has 152 valence electrons. The number of para-hydroxylation sites is 1. The molecule has 2 aromatic carbocycles. The van der Waals surface area contributed by atoms with Gasteiger partial charge in [-0.3, -0.25) is 9.59 Å². The second-order valence-electron chi connectivity index (χ2n) is 7.22. The zero-order valence-electron chi connectivity index (χ0n) is 16.4. The molecule has 0 bridgehead atoms. The van der Waals surface area contributed by atoms with Crippen molar-refractivity contribution in [2.45, 2.75) is 31.4 Å². The number of hydrogen-bond acceptors (Lipinski definition) is 5. The molecule has 0 unspecified atom stereocenters. The van der Waals surface area contributed by atoms with Gasteiger partial charge in [0.15, 0.2) is 17.6 Å². The number of benzene rings is 2. The minimum absolute atomic E-state index is 0.187. The number of carbonyl (C=O) groups excluding carboxylic acids is 1. The van der Waals surface area contributed by atoms with Crippen LogP contribution >= 0.6 is 0 Å². The minimum atomic E-state index is -0.967. The molecule has 2 atom stereocenters. The van der Waals surface area contributed by atoms with Crippen molar-refractivity contribution in [2.75, 3.05) is 20.8 Å². The van der Waals surface area contributed by atoms with Crippen molar-refractivity contribution in [1.82, 2.24) is 4.90 Å². The van der Waals surface area contributed by atoms with Gasteiger partial charge >= 0.3 is 5.97 Å². The van der Waals surface area contributed by atoms with Gasteiger partial charge in [-0.25, -0.2) is 0 Å². The van der Waals surface area contributed by atoms with Crippen LogP contribution in [0.5, 0.6) is 17.2 Å². The Labute approximate surface area is 168 Å². The predicted molar refractivity (Wildman–Crippen MR) is 105 cm³/mol. The monoisotopic (exact) mass is 397 g/mol. The van der Waals surface area contributed by atoms with E-state index in [0.29, 0.717) is 36.6 Å². The van der Waals surface area contributed by atoms with Gasteiger partial charge in [0, 0.05) is 13.0 Å². The minimum Gasteiger partial charge on any atom is -0.493 e. The lowest BCUT2D eigenvalue weighted by Crippen LogP contribution is -2.47. The summed E-state index contributed by atoms with van der Waals surface area (Å²) in [5.74, 6) is 0.665. The summed E-state index contributed by atoms with van der Waals surface area (Å²) in [6.07, 6.45) is 0.278. The molecule has 0 aliphatic carbocycles. The first-order valence-corrected chi connectivity index (χ1v) is 9.53. The lowest BCUT2D eigenvalue weighted by atomic mass is 9.89. The molecule has 0 saturated heterocycles. The van der Waals surface area contributed by atoms with Crippen LogP contribution in [-0.2, 0) is 22.4 Å². The fourth-order valence-electron chi connectivity index (χ4n) is 4.18. The Morgan fingerprint density at radius 2 is 1.86 bits per heavy atom. The Morgan fingerprint density at radius 3 is 2.55 bits per heavy atom. The van der Waals surface area contributed by atoms with Gasteiger partial charge < -0.3 is 24.2 Å². The number of carboxylic acids is 1. The molecule has 7 nitrogen and oxygen atoms in total. The molecule has 2 heterocycles. The maximum atomic E-state index is 13.3. The number of fused-ring (bicyclic) bond motifs is 2. The highest BCUT2D eigenvalue weighted by atomic mass is 16.5. The Hall–Kier alpha value is -3.22. The highest BCUT2D eigenvalue weighted by Crippen LogP contribution is 2.40. The summed E-state index contributed by atoms with van der Waals surface area (Å²) in [6.45, 7) is 0.426. The summed E-state index contributed by atoms with van der Waals surface area (Å²) in [4.78, 5) is 26.5. The molecule has 7 heteroatoms. The quantitative estimate of drug-likeness (QED) is 0.835. The Balaban J connectivity index is 1.66. The zero-order chi connectivity index (χ0) is 20.5. The van der Waals surface area contributed by atoms with Crippen molar-refractivity contribution in [3.63, 3.8) is 0 Å². The van der Waals surface area contributed by atoms with Crippen molar-refractivity contribution in [3.05, 3.63) is 53.1 Å². The molecule has 0 spiro atoms. The summed E-state index contributed by atoms with van der Waals surface area (Å²) in [6, 6.07) is 10.6. The maximum absolute atomic E-state index is 13.3. The van der Waals surface area contributed by atoms with E-state index in [1.165, 1.54) is 7.11 Å². The number of amides is 1. The van der Waals surface area contributed by atoms with Crippen LogP contribution in [0.15, 0.2) is 36.4 Å². The highest BCUT2D eigenvalue weighted by molar-refractivity contribution is 5.84. The normalized spacial score (nSPS) is 19.7. The molecule has 0 radical (unpaired) electrons. The number of carboxylic acid groups (broad SMARTS) is 1. The van der Waals surface area contributed by atoms with Gasteiger partial charge in [-0.2, -0.15) is 0 Å². The molecular weight excluding hydrogens is 374 g/mol. The number of methoxy groups -OCH3 is 2. The van der Waals surface area contributed by atoms with E-state index in [9.17, 15) is 14.7 Å². The number of aliphatic carboxylic acids is 1. The van der Waals surface area contributed by atoms with E-state index < -0.39 is 18.1 Å². The van der Waals surface area contributed by atoms with Gasteiger partial charge in [-0.15, -0.1) is 0 Å². The van der Waals surface area contributed by atoms with E-state index in [1.807, 2.05) is 30.3 Å². The lowest BCUT2D eigenvalue weighted by Gasteiger charge is -2.38. The number of nitrogens with zero attached hydrogens (tertiary/aromatic N) is 1. The van der Waals surface area contributed by atoms with Crippen molar-refractivity contribution in [2.24, 2.45) is 0 Å². The maximum Gasteiger partial charge on any atom is 0.305 e. The topological polar surface area (TPSA) is 85.3 Å². The van der Waals surface area contributed by atoms with Gasteiger partial charge in [0.05, 0.1) is 26.7 Å². The Morgan fingerprint density at radius 1 is 1.14 bits per heavy atom. The first kappa shape index (κ1) is 19.1. The van der Waals surface area contributed by atoms with Crippen molar-refractivity contribution in [1.29, 1.82) is 0 Å². The predicted octanol–water partition coefficient (Wildman–Crippen LogP) is 2.61. The van der Waals surface area contributed by atoms with E-state index in [4.69, 9.17) is 14.2 Å². The van der Waals surface area contributed by atoms with Crippen LogP contribution in [0, 0.1) is 0 Å². The number of rotatable bonds is 5. The van der Waals surface area contributed by atoms with Crippen molar-refractivity contribution >= 4 is 11.9 Å². The Bertz CT molecular complexity index is 931. The Kier molecular flexibility index (Phi) is 5.05. The summed E-state index contributed by atoms with van der Waals surface area (Å²) >= 11 is 0. The van der Waals surface area contributed by atoms with E-state index in [1.54, 1.807) is 18.1 Å². The van der Waals surface area contributed by atoms with Gasteiger partial charge in [0.25, 0.3) is 5.91 Å². The molecule has 2 aromatic rings. The SMILES string of the molecule is COc1cc2c(cc1OC)[C@@H](CC(=O)O)N(C(=O)[C@H]1Cc3ccccc3O1)CC2. The molecule has 4 rings (SSSR count). The van der Waals surface area contributed by atoms with Gasteiger partial charge in [0.1, 0.15) is 5.75 Å². The van der Waals surface area contributed by atoms with Crippen LogP contribution in [-0.4, -0.2) is 48.8 Å². The molecule has 29 heavy (non-hydrogen) atoms. The fourth-order valence-corrected chi connectivity index (χ4v) is 4.18. The number of carbonyl (C=O) groups is 2. The standard InChI is InChI=1S/C22H23NO6/c1-27-18-9-13-7-8-23(16(12-21(24)25)15(13)11-19(18)28-2)22(26)20-10-14-5-3-4-6-17(14)29-20/h3-6,9,11,16,20H,7-8,10,12H2,1-2H3,(H,24,25)/t16-,20-/m1/s1. The second-order valence-corrected chi connectivity index (χ2v) is 7.22. The summed E-state index contributed by atoms with van der Waals surface area (Å²) in [5.41, 5.74) is 2.73. The third-order valence-electron chi connectivity index (χ3n) is 5.58. The smallest absolute Gasteiger partial charge is 0.305 e. The van der Waals surface area contributed by atoms with Crippen LogP contribution in [0.4, 0.5) is 0 Å². The average Bonchev–Trinajstić information content (AvgIpc) is 3.16. The zero-order valence-corrected chi connectivity index (χ0v) is 16.4. The van der Waals surface area contributed by atoms with Crippen molar-refractivity contribution in [3.8, 4) is 17.2 Å². The van der Waals surface area contributed by atoms with E-state index in [-0.39, 0.29) is 12.3 Å². The third-order valence-corrected chi connectivity index (χ3v) is 5.58. The molecular formula is C22H23NO6. The van der Waals surface area contributed by atoms with Crippen molar-refractivity contribution < 1.29 is 28.9 Å². The highest BCUT2D eigenvalue weighted by Gasteiger charge is 2.39. The molecule has 0 saturated carbocycles. The van der Waals surface area contributed by atoms with Crippen LogP contribution in [0.25, 0.3) is 0 Å². The van der Waals surface area contributed by atoms with Gasteiger partial charge in [-0.1, -0.05) is 18.2 Å². The third kappa shape index (κ3) is 3.48. The molecule has 0 fully saturated rings. The molecule has 2 aliphatic heterocycles. The van der Waals surface area contributed by atoms with Gasteiger partial charge in [0.2, 0.25) is 0 Å². The number of ether oxygens (including phenoxy) is 3. The summed E-state index contributed by atoms with van der Waals surface area (Å²) in [5, 5.41) is 9.50. The molecule has 1 amide bonds. The van der Waals surface area contributed by atoms with Crippen LogP contribution in [0.3, 0.4) is 0 Å². The van der Waals surface area contributed by atoms with E-state index in [0.717, 1.165) is 16.7 Å². The van der Waals surface area contributed by atoms with Crippen LogP contribution < -0.4 is 14.2 Å². The number of hydrogen-bond donors (Lipinski definition) is 1. The average molecular weight is 397 g/mol.